The van der Waals surface area contributed by atoms with Gasteiger partial charge in [0.25, 0.3) is 0 Å². The third-order valence-corrected chi connectivity index (χ3v) is 9.60. The quantitative estimate of drug-likeness (QED) is 0.189. The number of nitrogens with one attached hydrogen (secondary N) is 3. The molecular formula is C42H37N3. The average molecular weight is 584 g/mol. The topological polar surface area (TPSA) is 36.1 Å². The zero-order valence-electron chi connectivity index (χ0n) is 25.7. The highest BCUT2D eigenvalue weighted by Gasteiger charge is 2.35. The summed E-state index contributed by atoms with van der Waals surface area (Å²) in [5.74, 6) is 0. The first kappa shape index (κ1) is 27.7. The molecule has 8 rings (SSSR count). The smallest absolute Gasteiger partial charge is 0.0864 e. The molecule has 1 saturated heterocycles. The summed E-state index contributed by atoms with van der Waals surface area (Å²) < 4.78 is 0. The molecule has 3 N–H and O–H groups in total. The van der Waals surface area contributed by atoms with Gasteiger partial charge in [-0.1, -0.05) is 147 Å². The highest BCUT2D eigenvalue weighted by molar-refractivity contribution is 5.84. The van der Waals surface area contributed by atoms with E-state index in [0.717, 1.165) is 0 Å². The van der Waals surface area contributed by atoms with Gasteiger partial charge in [0, 0.05) is 5.41 Å². The van der Waals surface area contributed by atoms with Crippen LogP contribution in [0.25, 0.3) is 33.4 Å². The van der Waals surface area contributed by atoms with Gasteiger partial charge in [-0.15, -0.1) is 0 Å². The fourth-order valence-corrected chi connectivity index (χ4v) is 7.17. The molecule has 6 aromatic rings. The van der Waals surface area contributed by atoms with Crippen molar-refractivity contribution in [1.29, 1.82) is 0 Å². The van der Waals surface area contributed by atoms with Crippen molar-refractivity contribution in [2.24, 2.45) is 0 Å². The van der Waals surface area contributed by atoms with E-state index in [0.29, 0.717) is 0 Å². The van der Waals surface area contributed by atoms with Crippen molar-refractivity contribution in [2.75, 3.05) is 0 Å². The van der Waals surface area contributed by atoms with E-state index in [2.05, 4.69) is 181 Å². The van der Waals surface area contributed by atoms with Gasteiger partial charge in [-0.2, -0.15) is 0 Å². The minimum absolute atomic E-state index is 0.00448. The number of fused-ring (bicyclic) bond motifs is 3. The van der Waals surface area contributed by atoms with Gasteiger partial charge >= 0.3 is 0 Å². The molecule has 1 fully saturated rings. The largest absolute Gasteiger partial charge is 0.279 e. The predicted octanol–water partition coefficient (Wildman–Crippen LogP) is 9.51. The molecule has 1 aliphatic carbocycles. The number of benzene rings is 6. The number of rotatable bonds is 5. The molecule has 0 spiro atoms. The van der Waals surface area contributed by atoms with Crippen molar-refractivity contribution in [1.82, 2.24) is 16.0 Å². The Labute approximate surface area is 266 Å². The maximum atomic E-state index is 3.82. The van der Waals surface area contributed by atoms with Crippen LogP contribution < -0.4 is 16.0 Å². The van der Waals surface area contributed by atoms with Crippen molar-refractivity contribution < 1.29 is 0 Å². The van der Waals surface area contributed by atoms with Crippen LogP contribution in [0.5, 0.6) is 0 Å². The summed E-state index contributed by atoms with van der Waals surface area (Å²) in [4.78, 5) is 0. The molecule has 6 aromatic carbocycles. The molecule has 2 atom stereocenters. The molecule has 45 heavy (non-hydrogen) atoms. The van der Waals surface area contributed by atoms with Crippen LogP contribution in [0.1, 0.15) is 60.2 Å². The number of hydrogen-bond donors (Lipinski definition) is 3. The fraction of sp³-hybridized carbons (Fsp3) is 0.143. The molecule has 220 valence electrons. The second kappa shape index (κ2) is 11.3. The van der Waals surface area contributed by atoms with Crippen molar-refractivity contribution in [2.45, 2.75) is 37.8 Å². The Kier molecular flexibility index (Phi) is 6.95. The van der Waals surface area contributed by atoms with E-state index >= 15 is 0 Å². The Bertz CT molecular complexity index is 1930. The van der Waals surface area contributed by atoms with Crippen LogP contribution in [0.4, 0.5) is 0 Å². The minimum atomic E-state index is -0.0367. The fourth-order valence-electron chi connectivity index (χ4n) is 7.17. The highest BCUT2D eigenvalue weighted by atomic mass is 15.4. The molecule has 2 aliphatic rings. The molecule has 0 radical (unpaired) electrons. The maximum absolute atomic E-state index is 3.82. The first-order chi connectivity index (χ1) is 22.0. The van der Waals surface area contributed by atoms with Crippen LogP contribution in [-0.4, -0.2) is 0 Å². The highest BCUT2D eigenvalue weighted by Crippen LogP contribution is 2.49. The van der Waals surface area contributed by atoms with Gasteiger partial charge in [-0.25, -0.2) is 0 Å². The van der Waals surface area contributed by atoms with Crippen molar-refractivity contribution in [3.8, 4) is 33.4 Å². The van der Waals surface area contributed by atoms with Crippen molar-refractivity contribution >= 4 is 0 Å². The van der Waals surface area contributed by atoms with Crippen LogP contribution in [0, 0.1) is 0 Å². The zero-order chi connectivity index (χ0) is 30.4. The second-order valence-electron chi connectivity index (χ2n) is 12.8. The van der Waals surface area contributed by atoms with Gasteiger partial charge in [0.1, 0.15) is 0 Å². The maximum Gasteiger partial charge on any atom is 0.0864 e. The van der Waals surface area contributed by atoms with E-state index in [9.17, 15) is 0 Å². The molecule has 1 aliphatic heterocycles. The van der Waals surface area contributed by atoms with E-state index in [1.807, 2.05) is 0 Å². The van der Waals surface area contributed by atoms with Crippen molar-refractivity contribution in [3.63, 3.8) is 0 Å². The lowest BCUT2D eigenvalue weighted by Crippen LogP contribution is -2.54. The first-order valence-electron chi connectivity index (χ1n) is 15.9. The van der Waals surface area contributed by atoms with Crippen LogP contribution >= 0.6 is 0 Å². The summed E-state index contributed by atoms with van der Waals surface area (Å²) in [5, 5.41) is 11.4. The van der Waals surface area contributed by atoms with Gasteiger partial charge in [-0.3, -0.25) is 16.0 Å². The van der Waals surface area contributed by atoms with Gasteiger partial charge in [0.15, 0.2) is 0 Å². The lowest BCUT2D eigenvalue weighted by molar-refractivity contribution is 0.203. The summed E-state index contributed by atoms with van der Waals surface area (Å²) >= 11 is 0. The first-order valence-corrected chi connectivity index (χ1v) is 15.9. The van der Waals surface area contributed by atoms with E-state index < -0.39 is 0 Å². The van der Waals surface area contributed by atoms with E-state index in [4.69, 9.17) is 0 Å². The lowest BCUT2D eigenvalue weighted by atomic mass is 9.81. The monoisotopic (exact) mass is 583 g/mol. The Morgan fingerprint density at radius 1 is 0.378 bits per heavy atom. The Balaban J connectivity index is 1.11. The average Bonchev–Trinajstić information content (AvgIpc) is 3.34. The molecule has 0 bridgehead atoms. The molecular weight excluding hydrogens is 546 g/mol. The summed E-state index contributed by atoms with van der Waals surface area (Å²) in [6.07, 6.45) is -0.0277. The van der Waals surface area contributed by atoms with Crippen LogP contribution in [-0.2, 0) is 5.41 Å². The van der Waals surface area contributed by atoms with E-state index in [1.54, 1.807) is 0 Å². The van der Waals surface area contributed by atoms with Gasteiger partial charge in [0.2, 0.25) is 0 Å². The van der Waals surface area contributed by atoms with Crippen LogP contribution in [0.15, 0.2) is 152 Å². The standard InChI is InChI=1S/C42H37N3/c1-42(2)37-22-10-9-21-35(37)36-24-23-33(27-38(36)42)31-18-11-17-30(25-31)32-19-12-20-34(26-32)41-44-39(28-13-5-3-6-14-28)43-40(45-41)29-15-7-4-8-16-29/h3-27,39-41,43-45H,1-2H3. The Morgan fingerprint density at radius 3 is 1.49 bits per heavy atom. The van der Waals surface area contributed by atoms with E-state index in [-0.39, 0.29) is 23.9 Å². The normalized spacial score (nSPS) is 19.9. The molecule has 1 heterocycles. The summed E-state index contributed by atoms with van der Waals surface area (Å²) in [5.41, 5.74) is 14.1. The summed E-state index contributed by atoms with van der Waals surface area (Å²) in [7, 11) is 0. The van der Waals surface area contributed by atoms with Crippen molar-refractivity contribution in [3.05, 3.63) is 179 Å². The molecule has 0 aromatic heterocycles. The zero-order valence-corrected chi connectivity index (χ0v) is 25.7. The Hall–Kier alpha value is -4.80. The SMILES string of the molecule is CC1(C)c2ccccc2-c2ccc(-c3cccc(-c4cccc(C5NC(c6ccccc6)NC(c6ccccc6)N5)c4)c3)cc21. The molecule has 3 nitrogen and oxygen atoms in total. The predicted molar refractivity (Wildman–Crippen MR) is 185 cm³/mol. The third kappa shape index (κ3) is 5.09. The molecule has 2 unspecified atom stereocenters. The minimum Gasteiger partial charge on any atom is -0.279 e. The second-order valence-corrected chi connectivity index (χ2v) is 12.8. The van der Waals surface area contributed by atoms with Gasteiger partial charge < -0.3 is 0 Å². The molecule has 0 saturated carbocycles. The lowest BCUT2D eigenvalue weighted by Gasteiger charge is -2.39. The van der Waals surface area contributed by atoms with Gasteiger partial charge in [0.05, 0.1) is 18.5 Å². The van der Waals surface area contributed by atoms with Gasteiger partial charge in [-0.05, 0) is 79.4 Å². The van der Waals surface area contributed by atoms with Crippen LogP contribution in [0.3, 0.4) is 0 Å². The summed E-state index contributed by atoms with van der Waals surface area (Å²) in [6.45, 7) is 4.69. The Morgan fingerprint density at radius 2 is 0.844 bits per heavy atom. The number of hydrogen-bond acceptors (Lipinski definition) is 3. The third-order valence-electron chi connectivity index (χ3n) is 9.60. The van der Waals surface area contributed by atoms with E-state index in [1.165, 1.54) is 61.2 Å². The molecule has 0 amide bonds. The van der Waals surface area contributed by atoms with Crippen LogP contribution in [0.2, 0.25) is 0 Å². The molecule has 3 heteroatoms. The summed E-state index contributed by atoms with van der Waals surface area (Å²) in [6, 6.07) is 55.0.